The molecule has 0 aromatic heterocycles. The van der Waals surface area contributed by atoms with Crippen LogP contribution in [0.4, 0.5) is 5.69 Å². The van der Waals surface area contributed by atoms with Crippen LogP contribution in [0.3, 0.4) is 0 Å². The molecule has 1 fully saturated rings. The summed E-state index contributed by atoms with van der Waals surface area (Å²) in [4.78, 5) is 12.1. The van der Waals surface area contributed by atoms with Crippen LogP contribution in [0.25, 0.3) is 0 Å². The molecule has 4 nitrogen and oxygen atoms in total. The number of anilines is 1. The Morgan fingerprint density at radius 2 is 1.71 bits per heavy atom. The normalized spacial score (nSPS) is 21.0. The number of sulfonamides is 1. The van der Waals surface area contributed by atoms with Gasteiger partial charge in [0.2, 0.25) is 10.0 Å². The highest BCUT2D eigenvalue weighted by molar-refractivity contribution is 7.93. The second-order valence-electron chi connectivity index (χ2n) is 5.92. The Morgan fingerprint density at radius 1 is 1.00 bits per heavy atom. The molecule has 5 heteroatoms. The molecule has 21 heavy (non-hydrogen) atoms. The number of carbonyl (C=O) groups excluding carboxylic acids is 1. The molecule has 0 bridgehead atoms. The lowest BCUT2D eigenvalue weighted by atomic mass is 10.0. The highest BCUT2D eigenvalue weighted by Crippen LogP contribution is 2.33. The van der Waals surface area contributed by atoms with Gasteiger partial charge < -0.3 is 0 Å². The average molecular weight is 307 g/mol. The van der Waals surface area contributed by atoms with Crippen molar-refractivity contribution in [3.8, 4) is 0 Å². The molecule has 1 heterocycles. The number of nitrogens with zero attached hydrogens (tertiary/aromatic N) is 1. The van der Waals surface area contributed by atoms with Gasteiger partial charge in [0.15, 0.2) is 5.78 Å². The van der Waals surface area contributed by atoms with E-state index in [0.29, 0.717) is 30.6 Å². The fraction of sp³-hybridized carbons (Fsp3) is 0.562. The van der Waals surface area contributed by atoms with E-state index in [0.717, 1.165) is 32.1 Å². The predicted molar refractivity (Wildman–Crippen MR) is 83.1 cm³/mol. The van der Waals surface area contributed by atoms with Crippen LogP contribution in [-0.2, 0) is 10.0 Å². The van der Waals surface area contributed by atoms with Crippen LogP contribution in [0.15, 0.2) is 24.3 Å². The van der Waals surface area contributed by atoms with Crippen molar-refractivity contribution in [1.82, 2.24) is 0 Å². The number of para-hydroxylation sites is 1. The minimum absolute atomic E-state index is 0.0481. The van der Waals surface area contributed by atoms with Crippen LogP contribution in [-0.4, -0.2) is 26.0 Å². The van der Waals surface area contributed by atoms with Gasteiger partial charge >= 0.3 is 0 Å². The number of carbonyl (C=O) groups is 1. The van der Waals surface area contributed by atoms with Gasteiger partial charge in [-0.15, -0.1) is 0 Å². The number of rotatable bonds is 2. The van der Waals surface area contributed by atoms with Gasteiger partial charge in [-0.3, -0.25) is 9.10 Å². The van der Waals surface area contributed by atoms with E-state index in [-0.39, 0.29) is 11.0 Å². The number of benzene rings is 1. The van der Waals surface area contributed by atoms with E-state index >= 15 is 0 Å². The largest absolute Gasteiger partial charge is 0.294 e. The predicted octanol–water partition coefficient (Wildman–Crippen LogP) is 3.13. The number of fused-ring (bicyclic) bond motifs is 1. The van der Waals surface area contributed by atoms with Crippen LogP contribution < -0.4 is 4.31 Å². The van der Waals surface area contributed by atoms with Crippen molar-refractivity contribution >= 4 is 21.5 Å². The zero-order chi connectivity index (χ0) is 14.9. The zero-order valence-corrected chi connectivity index (χ0v) is 12.9. The Balaban J connectivity index is 2.01. The van der Waals surface area contributed by atoms with Crippen molar-refractivity contribution in [3.63, 3.8) is 0 Å². The first-order valence-electron chi connectivity index (χ1n) is 7.74. The van der Waals surface area contributed by atoms with E-state index < -0.39 is 10.0 Å². The SMILES string of the molecule is O=C1CCCN(S(=O)(=O)C2CCCCC2)c2ccccc21. The molecule has 1 aliphatic heterocycles. The standard InChI is InChI=1S/C16H21NO3S/c18-16-11-6-12-17(15-10-5-4-9-14(15)16)21(19,20)13-7-2-1-3-8-13/h4-5,9-10,13H,1-3,6-8,11-12H2. The second kappa shape index (κ2) is 5.79. The molecule has 1 aromatic carbocycles. The molecular formula is C16H21NO3S. The molecule has 0 atom stereocenters. The summed E-state index contributed by atoms with van der Waals surface area (Å²) in [5.41, 5.74) is 1.12. The van der Waals surface area contributed by atoms with Crippen LogP contribution in [0, 0.1) is 0 Å². The molecule has 0 N–H and O–H groups in total. The van der Waals surface area contributed by atoms with Gasteiger partial charge in [0.05, 0.1) is 10.9 Å². The Hall–Kier alpha value is -1.36. The summed E-state index contributed by atoms with van der Waals surface area (Å²) in [7, 11) is -3.36. The smallest absolute Gasteiger partial charge is 0.238 e. The Labute approximate surface area is 126 Å². The fourth-order valence-corrected chi connectivity index (χ4v) is 5.48. The van der Waals surface area contributed by atoms with E-state index in [1.54, 1.807) is 24.3 Å². The molecule has 0 saturated heterocycles. The Morgan fingerprint density at radius 3 is 2.48 bits per heavy atom. The van der Waals surface area contributed by atoms with Gasteiger partial charge in [0.25, 0.3) is 0 Å². The summed E-state index contributed by atoms with van der Waals surface area (Å²) < 4.78 is 27.5. The molecule has 0 spiro atoms. The topological polar surface area (TPSA) is 54.5 Å². The van der Waals surface area contributed by atoms with Crippen molar-refractivity contribution in [1.29, 1.82) is 0 Å². The van der Waals surface area contributed by atoms with E-state index in [4.69, 9.17) is 0 Å². The molecule has 114 valence electrons. The minimum Gasteiger partial charge on any atom is -0.294 e. The van der Waals surface area contributed by atoms with Crippen LogP contribution in [0.5, 0.6) is 0 Å². The minimum atomic E-state index is -3.36. The monoisotopic (exact) mass is 307 g/mol. The molecule has 1 aliphatic carbocycles. The van der Waals surface area contributed by atoms with Crippen LogP contribution in [0.1, 0.15) is 55.3 Å². The van der Waals surface area contributed by atoms with Gasteiger partial charge in [0.1, 0.15) is 0 Å². The van der Waals surface area contributed by atoms with Crippen molar-refractivity contribution in [2.75, 3.05) is 10.8 Å². The summed E-state index contributed by atoms with van der Waals surface area (Å²) in [5, 5.41) is -0.285. The molecule has 0 amide bonds. The van der Waals surface area contributed by atoms with Crippen LogP contribution in [0.2, 0.25) is 0 Å². The highest BCUT2D eigenvalue weighted by Gasteiger charge is 2.35. The molecule has 1 saturated carbocycles. The number of ketones is 1. The summed E-state index contributed by atoms with van der Waals surface area (Å²) in [6.45, 7) is 0.418. The maximum absolute atomic E-state index is 13.0. The van der Waals surface area contributed by atoms with Gasteiger partial charge in [-0.1, -0.05) is 31.4 Å². The zero-order valence-electron chi connectivity index (χ0n) is 12.1. The molecule has 2 aliphatic rings. The summed E-state index contributed by atoms with van der Waals surface area (Å²) >= 11 is 0. The van der Waals surface area contributed by atoms with Crippen molar-refractivity contribution < 1.29 is 13.2 Å². The van der Waals surface area contributed by atoms with E-state index in [9.17, 15) is 13.2 Å². The van der Waals surface area contributed by atoms with Gasteiger partial charge in [-0.25, -0.2) is 8.42 Å². The first-order valence-corrected chi connectivity index (χ1v) is 9.25. The van der Waals surface area contributed by atoms with E-state index in [1.807, 2.05) is 0 Å². The molecule has 3 rings (SSSR count). The molecule has 1 aromatic rings. The van der Waals surface area contributed by atoms with Crippen LogP contribution >= 0.6 is 0 Å². The van der Waals surface area contributed by atoms with Crippen molar-refractivity contribution in [2.24, 2.45) is 0 Å². The first-order chi connectivity index (χ1) is 10.1. The number of hydrogen-bond donors (Lipinski definition) is 0. The van der Waals surface area contributed by atoms with Crippen molar-refractivity contribution in [3.05, 3.63) is 29.8 Å². The Kier molecular flexibility index (Phi) is 4.02. The highest BCUT2D eigenvalue weighted by atomic mass is 32.2. The average Bonchev–Trinajstić information content (AvgIpc) is 2.68. The summed E-state index contributed by atoms with van der Waals surface area (Å²) in [5.74, 6) is 0.0481. The van der Waals surface area contributed by atoms with Gasteiger partial charge in [-0.2, -0.15) is 0 Å². The lowest BCUT2D eigenvalue weighted by molar-refractivity contribution is 0.0984. The second-order valence-corrected chi connectivity index (χ2v) is 8.06. The Bertz CT molecular complexity index is 633. The maximum atomic E-state index is 13.0. The third-order valence-corrected chi connectivity index (χ3v) is 6.83. The molecular weight excluding hydrogens is 286 g/mol. The summed E-state index contributed by atoms with van der Waals surface area (Å²) in [6.07, 6.45) is 5.61. The third kappa shape index (κ3) is 2.71. The number of hydrogen-bond acceptors (Lipinski definition) is 3. The maximum Gasteiger partial charge on any atom is 0.238 e. The first kappa shape index (κ1) is 14.6. The molecule has 0 radical (unpaired) electrons. The molecule has 0 unspecified atom stereocenters. The van der Waals surface area contributed by atoms with E-state index in [2.05, 4.69) is 0 Å². The quantitative estimate of drug-likeness (QED) is 0.843. The third-order valence-electron chi connectivity index (χ3n) is 4.52. The van der Waals surface area contributed by atoms with Gasteiger partial charge in [0, 0.05) is 18.5 Å². The number of Topliss-reactive ketones (excluding diaryl/α,β-unsaturated/α-hetero) is 1. The van der Waals surface area contributed by atoms with Gasteiger partial charge in [-0.05, 0) is 31.4 Å². The lowest BCUT2D eigenvalue weighted by Crippen LogP contribution is -2.40. The van der Waals surface area contributed by atoms with Crippen molar-refractivity contribution in [2.45, 2.75) is 50.2 Å². The fourth-order valence-electron chi connectivity index (χ4n) is 3.37. The lowest BCUT2D eigenvalue weighted by Gasteiger charge is -2.31. The van der Waals surface area contributed by atoms with E-state index in [1.165, 1.54) is 4.31 Å². The summed E-state index contributed by atoms with van der Waals surface area (Å²) in [6, 6.07) is 7.11.